The molecule has 0 amide bonds. The number of nitrogens with zero attached hydrogens (tertiary/aromatic N) is 3. The van der Waals surface area contributed by atoms with Crippen LogP contribution in [0.2, 0.25) is 0 Å². The molecule has 2 heterocycles. The molecule has 164 valence electrons. The molecule has 0 saturated carbocycles. The minimum absolute atomic E-state index is 0.172. The highest BCUT2D eigenvalue weighted by molar-refractivity contribution is 5.84. The van der Waals surface area contributed by atoms with E-state index in [9.17, 15) is 4.79 Å². The zero-order valence-electron chi connectivity index (χ0n) is 18.5. The summed E-state index contributed by atoms with van der Waals surface area (Å²) in [5, 5.41) is 0.385. The Bertz CT molecular complexity index is 1250. The van der Waals surface area contributed by atoms with E-state index < -0.39 is 0 Å². The molecule has 0 radical (unpaired) electrons. The van der Waals surface area contributed by atoms with Crippen LogP contribution in [0.1, 0.15) is 25.3 Å². The third-order valence-electron chi connectivity index (χ3n) is 5.38. The summed E-state index contributed by atoms with van der Waals surface area (Å²) >= 11 is 0. The molecule has 2 aromatic carbocycles. The topological polar surface area (TPSA) is 66.2 Å². The fourth-order valence-corrected chi connectivity index (χ4v) is 3.69. The Morgan fingerprint density at radius 3 is 2.56 bits per heavy atom. The van der Waals surface area contributed by atoms with Crippen molar-refractivity contribution in [2.75, 3.05) is 13.7 Å². The van der Waals surface area contributed by atoms with Crippen LogP contribution in [0, 0.1) is 0 Å². The lowest BCUT2D eigenvalue weighted by molar-refractivity contribution is 0.310. The lowest BCUT2D eigenvalue weighted by Gasteiger charge is -2.17. The van der Waals surface area contributed by atoms with E-state index in [0.29, 0.717) is 36.3 Å². The molecule has 32 heavy (non-hydrogen) atoms. The van der Waals surface area contributed by atoms with Crippen molar-refractivity contribution in [1.82, 2.24) is 14.5 Å². The Morgan fingerprint density at radius 2 is 1.78 bits per heavy atom. The Balaban J connectivity index is 1.87. The summed E-state index contributed by atoms with van der Waals surface area (Å²) in [5.41, 5.74) is 2.33. The van der Waals surface area contributed by atoms with Crippen molar-refractivity contribution in [2.24, 2.45) is 0 Å². The van der Waals surface area contributed by atoms with Gasteiger partial charge in [-0.15, -0.1) is 0 Å². The molecule has 6 heteroatoms. The van der Waals surface area contributed by atoms with Crippen molar-refractivity contribution in [3.05, 3.63) is 82.8 Å². The molecule has 0 aliphatic heterocycles. The third-order valence-corrected chi connectivity index (χ3v) is 5.38. The first-order chi connectivity index (χ1) is 15.7. The van der Waals surface area contributed by atoms with E-state index in [1.54, 1.807) is 16.8 Å². The van der Waals surface area contributed by atoms with Crippen LogP contribution in [0.25, 0.3) is 22.3 Å². The van der Waals surface area contributed by atoms with Gasteiger partial charge in [0.1, 0.15) is 17.0 Å². The number of methoxy groups -OCH3 is 1. The quantitative estimate of drug-likeness (QED) is 0.355. The van der Waals surface area contributed by atoms with Crippen molar-refractivity contribution in [3.8, 4) is 23.0 Å². The van der Waals surface area contributed by atoms with E-state index in [1.165, 1.54) is 7.11 Å². The Hall–Kier alpha value is -3.67. The molecule has 6 nitrogen and oxygen atoms in total. The number of pyridine rings is 1. The summed E-state index contributed by atoms with van der Waals surface area (Å²) in [6.45, 7) is 3.22. The maximum atomic E-state index is 13.7. The summed E-state index contributed by atoms with van der Waals surface area (Å²) in [6.07, 6.45) is 4.31. The molecule has 0 bridgehead atoms. The number of ether oxygens (including phenoxy) is 2. The summed E-state index contributed by atoms with van der Waals surface area (Å²) in [6, 6.07) is 19.6. The highest BCUT2D eigenvalue weighted by Crippen LogP contribution is 2.30. The van der Waals surface area contributed by atoms with Gasteiger partial charge in [0.25, 0.3) is 5.56 Å². The maximum Gasteiger partial charge on any atom is 0.267 e. The number of aryl methyl sites for hydroxylation is 1. The van der Waals surface area contributed by atoms with Crippen LogP contribution in [0.15, 0.2) is 71.7 Å². The Kier molecular flexibility index (Phi) is 6.80. The van der Waals surface area contributed by atoms with E-state index in [-0.39, 0.29) is 11.4 Å². The summed E-state index contributed by atoms with van der Waals surface area (Å²) in [7, 11) is 1.51. The molecule has 0 spiro atoms. The Labute approximate surface area is 187 Å². The fourth-order valence-electron chi connectivity index (χ4n) is 3.69. The molecule has 0 unspecified atom stereocenters. The van der Waals surface area contributed by atoms with Crippen LogP contribution in [-0.4, -0.2) is 28.3 Å². The smallest absolute Gasteiger partial charge is 0.267 e. The summed E-state index contributed by atoms with van der Waals surface area (Å²) in [4.78, 5) is 22.8. The standard InChI is InChI=1S/C26H27N3O3/c1-3-4-18-32-22-13-9-8-12-20(22)24-28-21-14-16-27-25(31-2)23(21)26(30)29(24)17-15-19-10-6-5-7-11-19/h5-14,16H,3-4,15,17-18H2,1-2H3. The van der Waals surface area contributed by atoms with Crippen LogP contribution in [0.5, 0.6) is 11.6 Å². The predicted octanol–water partition coefficient (Wildman–Crippen LogP) is 4.89. The van der Waals surface area contributed by atoms with Crippen molar-refractivity contribution in [1.29, 1.82) is 0 Å². The second kappa shape index (κ2) is 10.1. The molecule has 4 rings (SSSR count). The second-order valence-electron chi connectivity index (χ2n) is 7.54. The van der Waals surface area contributed by atoms with Gasteiger partial charge in [0, 0.05) is 12.7 Å². The number of hydrogen-bond acceptors (Lipinski definition) is 5. The van der Waals surface area contributed by atoms with Gasteiger partial charge in [-0.25, -0.2) is 9.97 Å². The number of unbranched alkanes of at least 4 members (excludes halogenated alkanes) is 1. The van der Waals surface area contributed by atoms with E-state index >= 15 is 0 Å². The van der Waals surface area contributed by atoms with E-state index in [4.69, 9.17) is 14.5 Å². The normalized spacial score (nSPS) is 10.9. The molecule has 0 N–H and O–H groups in total. The molecule has 0 saturated heterocycles. The second-order valence-corrected chi connectivity index (χ2v) is 7.54. The molecule has 0 atom stereocenters. The Morgan fingerprint density at radius 1 is 1.00 bits per heavy atom. The third kappa shape index (κ3) is 4.49. The fraction of sp³-hybridized carbons (Fsp3) is 0.269. The summed E-state index contributed by atoms with van der Waals surface area (Å²) < 4.78 is 13.1. The first-order valence-corrected chi connectivity index (χ1v) is 10.9. The number of benzene rings is 2. The highest BCUT2D eigenvalue weighted by Gasteiger charge is 2.19. The van der Waals surface area contributed by atoms with Crippen LogP contribution in [0.4, 0.5) is 0 Å². The number of aromatic nitrogens is 3. The van der Waals surface area contributed by atoms with Crippen LogP contribution in [0.3, 0.4) is 0 Å². The minimum Gasteiger partial charge on any atom is -0.493 e. The molecule has 0 aliphatic carbocycles. The van der Waals surface area contributed by atoms with Gasteiger partial charge in [-0.1, -0.05) is 55.8 Å². The maximum absolute atomic E-state index is 13.7. The van der Waals surface area contributed by atoms with Gasteiger partial charge in [-0.05, 0) is 36.6 Å². The van der Waals surface area contributed by atoms with Crippen LogP contribution >= 0.6 is 0 Å². The lowest BCUT2D eigenvalue weighted by Crippen LogP contribution is -2.25. The zero-order chi connectivity index (χ0) is 22.3. The minimum atomic E-state index is -0.172. The molecular weight excluding hydrogens is 402 g/mol. The molecule has 2 aromatic heterocycles. The van der Waals surface area contributed by atoms with E-state index in [1.807, 2.05) is 42.5 Å². The van der Waals surface area contributed by atoms with Crippen molar-refractivity contribution in [3.63, 3.8) is 0 Å². The zero-order valence-corrected chi connectivity index (χ0v) is 18.5. The number of fused-ring (bicyclic) bond motifs is 1. The SMILES string of the molecule is CCCCOc1ccccc1-c1nc2ccnc(OC)c2c(=O)n1CCc1ccccc1. The van der Waals surface area contributed by atoms with Gasteiger partial charge in [0.2, 0.25) is 5.88 Å². The van der Waals surface area contributed by atoms with E-state index in [2.05, 4.69) is 24.0 Å². The first kappa shape index (κ1) is 21.6. The predicted molar refractivity (Wildman–Crippen MR) is 126 cm³/mol. The van der Waals surface area contributed by atoms with Crippen molar-refractivity contribution in [2.45, 2.75) is 32.7 Å². The molecule has 4 aromatic rings. The van der Waals surface area contributed by atoms with Gasteiger partial charge >= 0.3 is 0 Å². The number of rotatable bonds is 9. The molecular formula is C26H27N3O3. The average Bonchev–Trinajstić information content (AvgIpc) is 2.84. The summed E-state index contributed by atoms with van der Waals surface area (Å²) in [5.74, 6) is 1.59. The largest absolute Gasteiger partial charge is 0.493 e. The van der Waals surface area contributed by atoms with Crippen molar-refractivity contribution >= 4 is 10.9 Å². The van der Waals surface area contributed by atoms with Crippen LogP contribution in [-0.2, 0) is 13.0 Å². The number of para-hydroxylation sites is 1. The van der Waals surface area contributed by atoms with Gasteiger partial charge in [0.15, 0.2) is 0 Å². The van der Waals surface area contributed by atoms with Gasteiger partial charge in [-0.3, -0.25) is 9.36 Å². The van der Waals surface area contributed by atoms with Crippen LogP contribution < -0.4 is 15.0 Å². The van der Waals surface area contributed by atoms with Gasteiger partial charge in [0.05, 0.1) is 24.8 Å². The van der Waals surface area contributed by atoms with Gasteiger partial charge < -0.3 is 9.47 Å². The lowest BCUT2D eigenvalue weighted by atomic mass is 10.1. The monoisotopic (exact) mass is 429 g/mol. The van der Waals surface area contributed by atoms with E-state index in [0.717, 1.165) is 29.7 Å². The first-order valence-electron chi connectivity index (χ1n) is 10.9. The van der Waals surface area contributed by atoms with Crippen molar-refractivity contribution < 1.29 is 9.47 Å². The van der Waals surface area contributed by atoms with Gasteiger partial charge in [-0.2, -0.15) is 0 Å². The highest BCUT2D eigenvalue weighted by atomic mass is 16.5. The average molecular weight is 430 g/mol. The number of hydrogen-bond donors (Lipinski definition) is 0. The molecule has 0 aliphatic rings. The molecule has 0 fully saturated rings.